The van der Waals surface area contributed by atoms with E-state index in [1.807, 2.05) is 3.28 Å². The molecule has 0 bridgehead atoms. The Balaban J connectivity index is 0.00000217. The minimum atomic E-state index is -2.63. The summed E-state index contributed by atoms with van der Waals surface area (Å²) in [4.78, 5) is 0. The van der Waals surface area contributed by atoms with Crippen molar-refractivity contribution < 1.29 is 46.1 Å². The quantitative estimate of drug-likeness (QED) is 0.313. The molecule has 0 saturated heterocycles. The van der Waals surface area contributed by atoms with E-state index < -0.39 is 21.3 Å². The van der Waals surface area contributed by atoms with Crippen molar-refractivity contribution in [3.63, 3.8) is 0 Å². The molecule has 1 atom stereocenters. The molecule has 0 radical (unpaired) electrons. The minimum absolute atomic E-state index is 0. The SMILES string of the molecule is CCC1=[C](/[Zr+2](=[CH]\c2ccccc2)[CH]2c3cc4c(cc3-c3cc5c(cc32)C(C)(C)C=C5C)C(C)=CC4(C)C)C(C)C=C1C(C)(C)C.[Cl-].[Cl-]. The van der Waals surface area contributed by atoms with Crippen LogP contribution in [0.5, 0.6) is 0 Å². The molecule has 0 spiro atoms. The van der Waals surface area contributed by atoms with Gasteiger partial charge in [-0.2, -0.15) is 0 Å². The predicted molar refractivity (Wildman–Crippen MR) is 193 cm³/mol. The maximum absolute atomic E-state index is 2.82. The summed E-state index contributed by atoms with van der Waals surface area (Å²) in [5.41, 5.74) is 19.9. The second kappa shape index (κ2) is 12.4. The van der Waals surface area contributed by atoms with E-state index in [1.165, 1.54) is 50.1 Å². The van der Waals surface area contributed by atoms with E-state index in [2.05, 4.69) is 153 Å². The summed E-state index contributed by atoms with van der Waals surface area (Å²) < 4.78 is 5.09. The van der Waals surface area contributed by atoms with E-state index in [0.717, 1.165) is 6.42 Å². The molecular weight excluding hydrogens is 691 g/mol. The van der Waals surface area contributed by atoms with Crippen molar-refractivity contribution in [1.82, 2.24) is 0 Å². The predicted octanol–water partition coefficient (Wildman–Crippen LogP) is 5.91. The first-order valence-electron chi connectivity index (χ1n) is 17.1. The Morgan fingerprint density at radius 2 is 1.23 bits per heavy atom. The summed E-state index contributed by atoms with van der Waals surface area (Å²) in [5, 5.41) is 0. The fourth-order valence-corrected chi connectivity index (χ4v) is 18.1. The summed E-state index contributed by atoms with van der Waals surface area (Å²) in [6, 6.07) is 21.8. The third kappa shape index (κ3) is 5.75. The van der Waals surface area contributed by atoms with Crippen LogP contribution in [0.3, 0.4) is 0 Å². The van der Waals surface area contributed by atoms with Crippen LogP contribution in [0, 0.1) is 11.3 Å². The van der Waals surface area contributed by atoms with Crippen LogP contribution < -0.4 is 24.8 Å². The van der Waals surface area contributed by atoms with Gasteiger partial charge in [-0.05, 0) is 0 Å². The standard InChI is InChI=1S/C25H25.C12H19.C7H6.2ClH.Zr/c1-14-12-24(3,4)22-8-16-7-17-9-23-19(15(2)13-25(23,5)6)11-21(17)20(16)10-18(14)22;1-6-10-7-9(2)8-11(10)12(3,4)5;1-7-5-3-2-4-6-7;;;/h7-13H,1-6H3;8-9H,6H2,1-5H3;1-6H;2*1H;/q;;;;;+2/p-2. The van der Waals surface area contributed by atoms with Gasteiger partial charge in [0.2, 0.25) is 0 Å². The van der Waals surface area contributed by atoms with Crippen molar-refractivity contribution in [3.8, 4) is 11.1 Å². The zero-order chi connectivity index (χ0) is 32.2. The average molecular weight is 741 g/mol. The Morgan fingerprint density at radius 3 is 1.68 bits per heavy atom. The molecule has 4 aliphatic rings. The van der Waals surface area contributed by atoms with Gasteiger partial charge in [-0.25, -0.2) is 0 Å². The van der Waals surface area contributed by atoms with Crippen LogP contribution in [0.1, 0.15) is 125 Å². The molecule has 47 heavy (non-hydrogen) atoms. The molecule has 0 N–H and O–H groups in total. The zero-order valence-corrected chi connectivity index (χ0v) is 34.1. The van der Waals surface area contributed by atoms with E-state index >= 15 is 0 Å². The third-order valence-corrected chi connectivity index (χ3v) is 19.1. The molecule has 3 aromatic rings. The number of benzene rings is 3. The maximum Gasteiger partial charge on any atom is -1.00 e. The first-order chi connectivity index (χ1) is 21.1. The summed E-state index contributed by atoms with van der Waals surface area (Å²) in [6.07, 6.45) is 8.74. The van der Waals surface area contributed by atoms with Gasteiger partial charge in [0.1, 0.15) is 0 Å². The van der Waals surface area contributed by atoms with Gasteiger partial charge in [0.05, 0.1) is 0 Å². The van der Waals surface area contributed by atoms with Crippen LogP contribution in [-0.2, 0) is 32.1 Å². The summed E-state index contributed by atoms with van der Waals surface area (Å²) in [5.74, 6) is 0.487. The molecule has 3 aromatic carbocycles. The fourth-order valence-electron chi connectivity index (χ4n) is 9.21. The molecule has 0 aromatic heterocycles. The summed E-state index contributed by atoms with van der Waals surface area (Å²) >= 11 is -2.63. The number of hydrogen-bond acceptors (Lipinski definition) is 0. The van der Waals surface area contributed by atoms with Crippen LogP contribution in [-0.4, -0.2) is 3.71 Å². The molecule has 0 saturated carbocycles. The van der Waals surface area contributed by atoms with Gasteiger partial charge in [-0.1, -0.05) is 0 Å². The fraction of sp³-hybridized carbons (Fsp3) is 0.386. The van der Waals surface area contributed by atoms with Crippen LogP contribution in [0.25, 0.3) is 22.3 Å². The summed E-state index contributed by atoms with van der Waals surface area (Å²) in [6.45, 7) is 26.4. The molecule has 0 aliphatic heterocycles. The first kappa shape index (κ1) is 36.2. The topological polar surface area (TPSA) is 0 Å². The Hall–Kier alpha value is -2.05. The number of rotatable bonds is 4. The second-order valence-corrected chi connectivity index (χ2v) is 22.1. The smallest absolute Gasteiger partial charge is 1.00 e. The molecule has 7 rings (SSSR count). The van der Waals surface area contributed by atoms with Gasteiger partial charge in [0.25, 0.3) is 0 Å². The van der Waals surface area contributed by atoms with E-state index in [1.54, 1.807) is 22.3 Å². The van der Waals surface area contributed by atoms with Crippen molar-refractivity contribution in [2.75, 3.05) is 0 Å². The zero-order valence-electron chi connectivity index (χ0n) is 30.1. The Morgan fingerprint density at radius 1 is 0.745 bits per heavy atom. The molecule has 0 heterocycles. The second-order valence-electron chi connectivity index (χ2n) is 16.4. The van der Waals surface area contributed by atoms with Gasteiger partial charge >= 0.3 is 282 Å². The monoisotopic (exact) mass is 738 g/mol. The molecule has 4 aliphatic carbocycles. The molecule has 0 amide bonds. The molecule has 244 valence electrons. The van der Waals surface area contributed by atoms with E-state index in [9.17, 15) is 0 Å². The normalized spacial score (nSPS) is 20.1. The van der Waals surface area contributed by atoms with Crippen LogP contribution in [0.15, 0.2) is 87.3 Å². The van der Waals surface area contributed by atoms with Crippen molar-refractivity contribution in [2.24, 2.45) is 11.3 Å². The van der Waals surface area contributed by atoms with Gasteiger partial charge < -0.3 is 24.8 Å². The molecule has 0 nitrogen and oxygen atoms in total. The van der Waals surface area contributed by atoms with Gasteiger partial charge in [0.15, 0.2) is 0 Å². The number of allylic oxidation sites excluding steroid dienone is 8. The van der Waals surface area contributed by atoms with Crippen LogP contribution in [0.2, 0.25) is 0 Å². The van der Waals surface area contributed by atoms with Crippen molar-refractivity contribution >= 4 is 14.9 Å². The van der Waals surface area contributed by atoms with E-state index in [-0.39, 0.29) is 41.1 Å². The van der Waals surface area contributed by atoms with Crippen LogP contribution >= 0.6 is 0 Å². The minimum Gasteiger partial charge on any atom is -1.00 e. The van der Waals surface area contributed by atoms with Crippen LogP contribution in [0.4, 0.5) is 0 Å². The number of hydrogen-bond donors (Lipinski definition) is 0. The van der Waals surface area contributed by atoms with Gasteiger partial charge in [-0.15, -0.1) is 0 Å². The molecule has 3 heteroatoms. The van der Waals surface area contributed by atoms with E-state index in [4.69, 9.17) is 0 Å². The molecule has 0 fully saturated rings. The van der Waals surface area contributed by atoms with Gasteiger partial charge in [-0.3, -0.25) is 0 Å². The Labute approximate surface area is 304 Å². The van der Waals surface area contributed by atoms with E-state index in [0.29, 0.717) is 9.54 Å². The molecule has 1 unspecified atom stereocenters. The third-order valence-electron chi connectivity index (χ3n) is 11.1. The number of halogens is 2. The van der Waals surface area contributed by atoms with Crippen molar-refractivity contribution in [2.45, 2.75) is 97.0 Å². The largest absolute Gasteiger partial charge is 1.00 e. The van der Waals surface area contributed by atoms with Crippen molar-refractivity contribution in [1.29, 1.82) is 0 Å². The first-order valence-corrected chi connectivity index (χ1v) is 21.2. The maximum atomic E-state index is 2.82. The Bertz CT molecular complexity index is 1850. The Kier molecular flexibility index (Phi) is 9.54. The molecular formula is C44H50Cl2Zr. The average Bonchev–Trinajstić information content (AvgIpc) is 3.62. The van der Waals surface area contributed by atoms with Crippen molar-refractivity contribution in [3.05, 3.63) is 126 Å². The van der Waals surface area contributed by atoms with Gasteiger partial charge in [0, 0.05) is 0 Å². The number of fused-ring (bicyclic) bond motifs is 5. The summed E-state index contributed by atoms with van der Waals surface area (Å²) in [7, 11) is 0.